The van der Waals surface area contributed by atoms with Crippen LogP contribution in [-0.4, -0.2) is 37.6 Å². The van der Waals surface area contributed by atoms with Gasteiger partial charge in [0.1, 0.15) is 6.04 Å². The second-order valence-corrected chi connectivity index (χ2v) is 3.97. The molecule has 0 saturated heterocycles. The molecule has 0 heterocycles. The summed E-state index contributed by atoms with van der Waals surface area (Å²) in [6, 6.07) is 7.42. The van der Waals surface area contributed by atoms with Gasteiger partial charge in [0.2, 0.25) is 0 Å². The van der Waals surface area contributed by atoms with Crippen molar-refractivity contribution in [1.29, 1.82) is 0 Å². The number of anilines is 1. The number of carbonyl (C=O) groups excluding carboxylic acids is 3. The number of nitrogens with one attached hydrogen (secondary N) is 3. The second kappa shape index (κ2) is 7.78. The van der Waals surface area contributed by atoms with Crippen LogP contribution >= 0.6 is 0 Å². The van der Waals surface area contributed by atoms with Gasteiger partial charge in [-0.2, -0.15) is 0 Å². The van der Waals surface area contributed by atoms with E-state index in [0.717, 1.165) is 0 Å². The summed E-state index contributed by atoms with van der Waals surface area (Å²) >= 11 is 0. The molecule has 108 valence electrons. The van der Waals surface area contributed by atoms with Crippen LogP contribution in [0.4, 0.5) is 10.5 Å². The molecule has 0 aliphatic carbocycles. The Labute approximate surface area is 116 Å². The van der Waals surface area contributed by atoms with Gasteiger partial charge in [0, 0.05) is 12.7 Å². The molecule has 0 bridgehead atoms. The first kappa shape index (κ1) is 15.5. The fraction of sp³-hybridized carbons (Fsp3) is 0.308. The van der Waals surface area contributed by atoms with Crippen LogP contribution in [0.25, 0.3) is 0 Å². The smallest absolute Gasteiger partial charge is 0.328 e. The van der Waals surface area contributed by atoms with E-state index in [2.05, 4.69) is 16.0 Å². The minimum absolute atomic E-state index is 0.373. The molecule has 1 aromatic carbocycles. The lowest BCUT2D eigenvalue weighted by atomic mass is 10.3. The Hall–Kier alpha value is -2.57. The molecule has 3 N–H and O–H groups in total. The van der Waals surface area contributed by atoms with E-state index in [1.165, 1.54) is 14.0 Å². The number of para-hydroxylation sites is 1. The van der Waals surface area contributed by atoms with E-state index in [9.17, 15) is 14.4 Å². The lowest BCUT2D eigenvalue weighted by Crippen LogP contribution is -2.42. The van der Waals surface area contributed by atoms with Gasteiger partial charge in [-0.15, -0.1) is 0 Å². The molecule has 0 radical (unpaired) electrons. The third-order valence-electron chi connectivity index (χ3n) is 2.36. The molecule has 1 rings (SSSR count). The molecule has 0 spiro atoms. The molecule has 0 fully saturated rings. The summed E-state index contributed by atoms with van der Waals surface area (Å²) in [6.45, 7) is 1.10. The average Bonchev–Trinajstić information content (AvgIpc) is 2.45. The van der Waals surface area contributed by atoms with E-state index in [-0.39, 0.29) is 6.61 Å². The number of likely N-dealkylation sites (N-methyl/N-ethyl adjacent to an activating group) is 1. The van der Waals surface area contributed by atoms with Gasteiger partial charge in [-0.1, -0.05) is 18.2 Å². The number of carbonyl (C=O) groups is 3. The quantitative estimate of drug-likeness (QED) is 0.683. The van der Waals surface area contributed by atoms with Crippen molar-refractivity contribution in [1.82, 2.24) is 10.6 Å². The Morgan fingerprint density at radius 1 is 1.20 bits per heavy atom. The Morgan fingerprint density at radius 2 is 1.85 bits per heavy atom. The van der Waals surface area contributed by atoms with Crippen LogP contribution in [0.5, 0.6) is 0 Å². The zero-order valence-corrected chi connectivity index (χ0v) is 11.3. The zero-order valence-electron chi connectivity index (χ0n) is 11.3. The molecule has 3 amide bonds. The molecular weight excluding hydrogens is 262 g/mol. The highest BCUT2D eigenvalue weighted by Crippen LogP contribution is 2.04. The maximum Gasteiger partial charge on any atom is 0.328 e. The fourth-order valence-electron chi connectivity index (χ4n) is 1.28. The van der Waals surface area contributed by atoms with Crippen molar-refractivity contribution < 1.29 is 19.1 Å². The minimum Gasteiger partial charge on any atom is -0.454 e. The number of hydrogen-bond acceptors (Lipinski definition) is 4. The summed E-state index contributed by atoms with van der Waals surface area (Å²) in [4.78, 5) is 34.0. The number of hydrogen-bond donors (Lipinski definition) is 3. The van der Waals surface area contributed by atoms with Gasteiger partial charge >= 0.3 is 12.0 Å². The number of amides is 3. The van der Waals surface area contributed by atoms with E-state index in [0.29, 0.717) is 5.69 Å². The van der Waals surface area contributed by atoms with E-state index in [4.69, 9.17) is 4.74 Å². The van der Waals surface area contributed by atoms with Crippen molar-refractivity contribution in [3.63, 3.8) is 0 Å². The molecule has 1 aromatic rings. The largest absolute Gasteiger partial charge is 0.454 e. The van der Waals surface area contributed by atoms with Crippen LogP contribution < -0.4 is 16.0 Å². The zero-order chi connectivity index (χ0) is 15.0. The van der Waals surface area contributed by atoms with Crippen LogP contribution in [0.3, 0.4) is 0 Å². The number of benzene rings is 1. The molecular formula is C13H17N3O4. The van der Waals surface area contributed by atoms with Crippen molar-refractivity contribution in [2.24, 2.45) is 0 Å². The Morgan fingerprint density at radius 3 is 2.45 bits per heavy atom. The molecule has 0 saturated carbocycles. The van der Waals surface area contributed by atoms with Crippen LogP contribution in [0.15, 0.2) is 30.3 Å². The first-order valence-electron chi connectivity index (χ1n) is 6.02. The standard InChI is InChI=1S/C13H17N3O4/c1-9(12(18)20-8-11(17)14-2)15-13(19)16-10-6-4-3-5-7-10/h3-7,9H,8H2,1-2H3,(H,14,17)(H2,15,16,19)/t9-/m0/s1. The summed E-state index contributed by atoms with van der Waals surface area (Å²) in [5, 5.41) is 7.30. The first-order chi connectivity index (χ1) is 9.52. The van der Waals surface area contributed by atoms with Crippen LogP contribution in [0.2, 0.25) is 0 Å². The van der Waals surface area contributed by atoms with E-state index >= 15 is 0 Å². The fourth-order valence-corrected chi connectivity index (χ4v) is 1.28. The van der Waals surface area contributed by atoms with Crippen molar-refractivity contribution >= 4 is 23.6 Å². The summed E-state index contributed by atoms with van der Waals surface area (Å²) < 4.78 is 4.71. The van der Waals surface area contributed by atoms with Gasteiger partial charge in [0.05, 0.1) is 0 Å². The van der Waals surface area contributed by atoms with Crippen molar-refractivity contribution in [3.05, 3.63) is 30.3 Å². The third-order valence-corrected chi connectivity index (χ3v) is 2.36. The predicted octanol–water partition coefficient (Wildman–Crippen LogP) is 0.486. The van der Waals surface area contributed by atoms with Gasteiger partial charge in [-0.05, 0) is 19.1 Å². The molecule has 0 aliphatic rings. The number of ether oxygens (including phenoxy) is 1. The normalized spacial score (nSPS) is 11.1. The molecule has 0 aromatic heterocycles. The Kier molecular flexibility index (Phi) is 6.02. The summed E-state index contributed by atoms with van der Waals surface area (Å²) in [6.07, 6.45) is 0. The highest BCUT2D eigenvalue weighted by atomic mass is 16.5. The molecule has 7 nitrogen and oxygen atoms in total. The van der Waals surface area contributed by atoms with E-state index in [1.54, 1.807) is 24.3 Å². The Balaban J connectivity index is 2.37. The average molecular weight is 279 g/mol. The Bertz CT molecular complexity index is 476. The van der Waals surface area contributed by atoms with Crippen LogP contribution in [0, 0.1) is 0 Å². The van der Waals surface area contributed by atoms with Gasteiger partial charge < -0.3 is 20.7 Å². The molecule has 0 aliphatic heterocycles. The van der Waals surface area contributed by atoms with Crippen molar-refractivity contribution in [2.75, 3.05) is 19.0 Å². The second-order valence-electron chi connectivity index (χ2n) is 3.97. The maximum absolute atomic E-state index is 11.6. The summed E-state index contributed by atoms with van der Waals surface area (Å²) in [5.41, 5.74) is 0.607. The number of esters is 1. The van der Waals surface area contributed by atoms with Crippen molar-refractivity contribution in [3.8, 4) is 0 Å². The van der Waals surface area contributed by atoms with Gasteiger partial charge in [0.25, 0.3) is 5.91 Å². The van der Waals surface area contributed by atoms with E-state index < -0.39 is 23.9 Å². The number of urea groups is 1. The highest BCUT2D eigenvalue weighted by Gasteiger charge is 2.17. The van der Waals surface area contributed by atoms with Gasteiger partial charge in [-0.25, -0.2) is 9.59 Å². The monoisotopic (exact) mass is 279 g/mol. The van der Waals surface area contributed by atoms with Gasteiger partial charge in [-0.3, -0.25) is 4.79 Å². The number of rotatable bonds is 5. The lowest BCUT2D eigenvalue weighted by molar-refractivity contribution is -0.149. The lowest BCUT2D eigenvalue weighted by Gasteiger charge is -2.13. The molecule has 0 unspecified atom stereocenters. The van der Waals surface area contributed by atoms with Crippen molar-refractivity contribution in [2.45, 2.75) is 13.0 Å². The molecule has 1 atom stereocenters. The van der Waals surface area contributed by atoms with E-state index in [1.807, 2.05) is 6.07 Å². The van der Waals surface area contributed by atoms with Crippen LogP contribution in [0.1, 0.15) is 6.92 Å². The summed E-state index contributed by atoms with van der Waals surface area (Å²) in [7, 11) is 1.44. The highest BCUT2D eigenvalue weighted by molar-refractivity contribution is 5.92. The SMILES string of the molecule is CNC(=O)COC(=O)[C@H](C)NC(=O)Nc1ccccc1. The molecule has 20 heavy (non-hydrogen) atoms. The van der Waals surface area contributed by atoms with Crippen LogP contribution in [-0.2, 0) is 14.3 Å². The first-order valence-corrected chi connectivity index (χ1v) is 6.02. The van der Waals surface area contributed by atoms with Gasteiger partial charge in [0.15, 0.2) is 6.61 Å². The molecule has 7 heteroatoms. The summed E-state index contributed by atoms with van der Waals surface area (Å²) in [5.74, 6) is -1.10. The third kappa shape index (κ3) is 5.38. The predicted molar refractivity (Wildman–Crippen MR) is 73.1 cm³/mol. The topological polar surface area (TPSA) is 96.5 Å². The maximum atomic E-state index is 11.6. The minimum atomic E-state index is -0.858.